The smallest absolute Gasteiger partial charge is 0.133 e. The summed E-state index contributed by atoms with van der Waals surface area (Å²) in [6.07, 6.45) is 0.185. The zero-order valence-electron chi connectivity index (χ0n) is 10.4. The fourth-order valence-electron chi connectivity index (χ4n) is 1.39. The lowest BCUT2D eigenvalue weighted by Crippen LogP contribution is -2.28. The first-order valence-corrected chi connectivity index (χ1v) is 6.33. The molecule has 0 radical (unpaired) electrons. The molecule has 0 saturated heterocycles. The average Bonchev–Trinajstić information content (AvgIpc) is 2.20. The van der Waals surface area contributed by atoms with Gasteiger partial charge in [0.25, 0.3) is 0 Å². The van der Waals surface area contributed by atoms with Gasteiger partial charge in [-0.2, -0.15) is 0 Å². The minimum atomic E-state index is -0.00111. The van der Waals surface area contributed by atoms with Crippen molar-refractivity contribution in [3.63, 3.8) is 0 Å². The maximum absolute atomic E-state index is 5.76. The molecule has 0 unspecified atom stereocenters. The second-order valence-electron chi connectivity index (χ2n) is 4.90. The standard InChI is InChI=1S/C13H20BrNO/c1-9(2)16-12-6-5-10(7-11(12)14)13(3,4)8-15/h5-7,9H,8,15H2,1-4H3. The molecule has 1 aromatic rings. The van der Waals surface area contributed by atoms with Gasteiger partial charge in [0.15, 0.2) is 0 Å². The minimum Gasteiger partial charge on any atom is -0.490 e. The SMILES string of the molecule is CC(C)Oc1ccc(C(C)(C)CN)cc1Br. The van der Waals surface area contributed by atoms with E-state index in [4.69, 9.17) is 10.5 Å². The summed E-state index contributed by atoms with van der Waals surface area (Å²) in [6, 6.07) is 6.16. The van der Waals surface area contributed by atoms with Crippen molar-refractivity contribution in [2.24, 2.45) is 5.73 Å². The third kappa shape index (κ3) is 3.22. The number of rotatable bonds is 4. The summed E-state index contributed by atoms with van der Waals surface area (Å²) >= 11 is 3.53. The van der Waals surface area contributed by atoms with Crippen molar-refractivity contribution < 1.29 is 4.74 Å². The van der Waals surface area contributed by atoms with E-state index in [-0.39, 0.29) is 11.5 Å². The van der Waals surface area contributed by atoms with Crippen LogP contribution in [-0.4, -0.2) is 12.6 Å². The molecule has 0 spiro atoms. The number of nitrogens with two attached hydrogens (primary N) is 1. The Balaban J connectivity index is 2.99. The summed E-state index contributed by atoms with van der Waals surface area (Å²) in [4.78, 5) is 0. The van der Waals surface area contributed by atoms with Gasteiger partial charge >= 0.3 is 0 Å². The highest BCUT2D eigenvalue weighted by Gasteiger charge is 2.19. The van der Waals surface area contributed by atoms with Gasteiger partial charge in [-0.15, -0.1) is 0 Å². The van der Waals surface area contributed by atoms with Crippen molar-refractivity contribution in [1.29, 1.82) is 0 Å². The topological polar surface area (TPSA) is 35.2 Å². The largest absolute Gasteiger partial charge is 0.490 e. The molecule has 0 aliphatic heterocycles. The second kappa shape index (κ2) is 5.19. The summed E-state index contributed by atoms with van der Waals surface area (Å²) < 4.78 is 6.65. The molecule has 16 heavy (non-hydrogen) atoms. The highest BCUT2D eigenvalue weighted by Crippen LogP contribution is 2.31. The van der Waals surface area contributed by atoms with Gasteiger partial charge < -0.3 is 10.5 Å². The second-order valence-corrected chi connectivity index (χ2v) is 5.75. The Hall–Kier alpha value is -0.540. The summed E-state index contributed by atoms with van der Waals surface area (Å²) in [5.41, 5.74) is 6.98. The molecule has 90 valence electrons. The Labute approximate surface area is 106 Å². The van der Waals surface area contributed by atoms with Crippen LogP contribution in [0.5, 0.6) is 5.75 Å². The Morgan fingerprint density at radius 1 is 1.38 bits per heavy atom. The molecule has 0 aromatic heterocycles. The molecule has 3 heteroatoms. The zero-order valence-corrected chi connectivity index (χ0v) is 12.0. The molecule has 0 aliphatic carbocycles. The first-order valence-electron chi connectivity index (χ1n) is 5.53. The molecule has 0 amide bonds. The fraction of sp³-hybridized carbons (Fsp3) is 0.538. The highest BCUT2D eigenvalue weighted by molar-refractivity contribution is 9.10. The maximum Gasteiger partial charge on any atom is 0.133 e. The third-order valence-electron chi connectivity index (χ3n) is 2.59. The molecule has 0 saturated carbocycles. The molecule has 0 bridgehead atoms. The van der Waals surface area contributed by atoms with Gasteiger partial charge in [-0.3, -0.25) is 0 Å². The minimum absolute atomic E-state index is 0.00111. The first-order chi connectivity index (χ1) is 7.36. The van der Waals surface area contributed by atoms with Crippen molar-refractivity contribution >= 4 is 15.9 Å². The molecule has 2 N–H and O–H groups in total. The van der Waals surface area contributed by atoms with E-state index in [1.54, 1.807) is 0 Å². The average molecular weight is 286 g/mol. The number of hydrogen-bond donors (Lipinski definition) is 1. The van der Waals surface area contributed by atoms with Crippen molar-refractivity contribution in [3.8, 4) is 5.75 Å². The Morgan fingerprint density at radius 2 is 2.00 bits per heavy atom. The monoisotopic (exact) mass is 285 g/mol. The lowest BCUT2D eigenvalue weighted by atomic mass is 9.85. The summed E-state index contributed by atoms with van der Waals surface area (Å²) in [5, 5.41) is 0. The van der Waals surface area contributed by atoms with Gasteiger partial charge in [-0.1, -0.05) is 19.9 Å². The molecular weight excluding hydrogens is 266 g/mol. The Morgan fingerprint density at radius 3 is 2.44 bits per heavy atom. The molecule has 0 heterocycles. The van der Waals surface area contributed by atoms with Crippen LogP contribution in [0.15, 0.2) is 22.7 Å². The molecule has 1 aromatic carbocycles. The van der Waals surface area contributed by atoms with Crippen molar-refractivity contribution in [2.75, 3.05) is 6.54 Å². The summed E-state index contributed by atoms with van der Waals surface area (Å²) in [6.45, 7) is 8.94. The van der Waals surface area contributed by atoms with Crippen LogP contribution in [0.25, 0.3) is 0 Å². The molecule has 0 atom stereocenters. The predicted octanol–water partition coefficient (Wildman–Crippen LogP) is 3.47. The van der Waals surface area contributed by atoms with Gasteiger partial charge in [0.2, 0.25) is 0 Å². The van der Waals surface area contributed by atoms with Crippen molar-refractivity contribution in [1.82, 2.24) is 0 Å². The van der Waals surface area contributed by atoms with Crippen LogP contribution in [0.4, 0.5) is 0 Å². The van der Waals surface area contributed by atoms with E-state index in [0.717, 1.165) is 10.2 Å². The molecule has 1 rings (SSSR count). The Kier molecular flexibility index (Phi) is 4.39. The van der Waals surface area contributed by atoms with E-state index in [1.807, 2.05) is 19.9 Å². The normalized spacial score (nSPS) is 11.9. The van der Waals surface area contributed by atoms with Crippen molar-refractivity contribution in [3.05, 3.63) is 28.2 Å². The van der Waals surface area contributed by atoms with Gasteiger partial charge in [-0.05, 0) is 47.5 Å². The highest BCUT2D eigenvalue weighted by atomic mass is 79.9. The van der Waals surface area contributed by atoms with Crippen molar-refractivity contribution in [2.45, 2.75) is 39.2 Å². The zero-order chi connectivity index (χ0) is 12.3. The van der Waals surface area contributed by atoms with E-state index in [0.29, 0.717) is 6.54 Å². The van der Waals surface area contributed by atoms with Crippen LogP contribution in [0.2, 0.25) is 0 Å². The van der Waals surface area contributed by atoms with Gasteiger partial charge in [-0.25, -0.2) is 0 Å². The molecule has 0 fully saturated rings. The van der Waals surface area contributed by atoms with E-state index >= 15 is 0 Å². The van der Waals surface area contributed by atoms with E-state index in [1.165, 1.54) is 5.56 Å². The number of hydrogen-bond acceptors (Lipinski definition) is 2. The van der Waals surface area contributed by atoms with Crippen LogP contribution >= 0.6 is 15.9 Å². The summed E-state index contributed by atoms with van der Waals surface area (Å²) in [7, 11) is 0. The van der Waals surface area contributed by atoms with E-state index in [9.17, 15) is 0 Å². The molecular formula is C13H20BrNO. The lowest BCUT2D eigenvalue weighted by molar-refractivity contribution is 0.240. The number of ether oxygens (including phenoxy) is 1. The first kappa shape index (κ1) is 13.5. The van der Waals surface area contributed by atoms with Crippen LogP contribution in [0, 0.1) is 0 Å². The maximum atomic E-state index is 5.76. The lowest BCUT2D eigenvalue weighted by Gasteiger charge is -2.24. The van der Waals surface area contributed by atoms with Crippen LogP contribution < -0.4 is 10.5 Å². The van der Waals surface area contributed by atoms with Gasteiger partial charge in [0, 0.05) is 12.0 Å². The molecule has 0 aliphatic rings. The van der Waals surface area contributed by atoms with Crippen LogP contribution in [-0.2, 0) is 5.41 Å². The van der Waals surface area contributed by atoms with Gasteiger partial charge in [0.05, 0.1) is 10.6 Å². The molecule has 2 nitrogen and oxygen atoms in total. The Bertz CT molecular complexity index is 361. The van der Waals surface area contributed by atoms with E-state index < -0.39 is 0 Å². The quantitative estimate of drug-likeness (QED) is 0.919. The van der Waals surface area contributed by atoms with Crippen LogP contribution in [0.3, 0.4) is 0 Å². The van der Waals surface area contributed by atoms with Gasteiger partial charge in [0.1, 0.15) is 5.75 Å². The van der Waals surface area contributed by atoms with Crippen LogP contribution in [0.1, 0.15) is 33.3 Å². The number of benzene rings is 1. The van der Waals surface area contributed by atoms with E-state index in [2.05, 4.69) is 41.9 Å². The summed E-state index contributed by atoms with van der Waals surface area (Å²) in [5.74, 6) is 0.881. The fourth-order valence-corrected chi connectivity index (χ4v) is 1.86. The number of halogens is 1. The predicted molar refractivity (Wildman–Crippen MR) is 72.0 cm³/mol. The third-order valence-corrected chi connectivity index (χ3v) is 3.21.